The summed E-state index contributed by atoms with van der Waals surface area (Å²) in [7, 11) is 0. The molecule has 0 aliphatic heterocycles. The van der Waals surface area contributed by atoms with Crippen LogP contribution in [-0.2, 0) is 0 Å². The predicted octanol–water partition coefficient (Wildman–Crippen LogP) is 4.64. The minimum Gasteiger partial charge on any atom is -0.470 e. The molecule has 150 valence electrons. The standard InChI is InChI=1S/C15H11BrF5N5OS/c1-2-28-13-11(12-22-4-3-9(16)26(12)25-13)8-5-24-10(6-23-8)27-7-14(17,18)15(19,20)21/h3-6H,2,7H2,1H3. The zero-order valence-corrected chi connectivity index (χ0v) is 16.4. The molecule has 0 unspecified atom stereocenters. The molecule has 3 rings (SSSR count). The van der Waals surface area contributed by atoms with Gasteiger partial charge in [0.2, 0.25) is 5.88 Å². The summed E-state index contributed by atoms with van der Waals surface area (Å²) in [6.07, 6.45) is -1.96. The molecule has 28 heavy (non-hydrogen) atoms. The van der Waals surface area contributed by atoms with Crippen molar-refractivity contribution in [2.24, 2.45) is 0 Å². The van der Waals surface area contributed by atoms with Gasteiger partial charge < -0.3 is 4.74 Å². The normalized spacial score (nSPS) is 12.5. The summed E-state index contributed by atoms with van der Waals surface area (Å²) in [6.45, 7) is 0.0526. The Morgan fingerprint density at radius 3 is 2.50 bits per heavy atom. The fourth-order valence-electron chi connectivity index (χ4n) is 2.13. The van der Waals surface area contributed by atoms with Crippen LogP contribution in [0, 0.1) is 0 Å². The highest BCUT2D eigenvalue weighted by atomic mass is 79.9. The van der Waals surface area contributed by atoms with Gasteiger partial charge in [0.15, 0.2) is 12.3 Å². The molecular weight excluding hydrogens is 473 g/mol. The van der Waals surface area contributed by atoms with Gasteiger partial charge in [0.05, 0.1) is 23.7 Å². The van der Waals surface area contributed by atoms with Crippen molar-refractivity contribution in [3.8, 4) is 17.1 Å². The van der Waals surface area contributed by atoms with Gasteiger partial charge in [-0.25, -0.2) is 19.5 Å². The van der Waals surface area contributed by atoms with E-state index < -0.39 is 24.6 Å². The van der Waals surface area contributed by atoms with E-state index in [1.165, 1.54) is 18.0 Å². The van der Waals surface area contributed by atoms with Gasteiger partial charge in [-0.1, -0.05) is 6.92 Å². The molecule has 0 saturated heterocycles. The Morgan fingerprint density at radius 1 is 1.14 bits per heavy atom. The maximum Gasteiger partial charge on any atom is 0.456 e. The van der Waals surface area contributed by atoms with Crippen molar-refractivity contribution >= 4 is 33.3 Å². The lowest BCUT2D eigenvalue weighted by Gasteiger charge is -2.19. The number of halogens is 6. The van der Waals surface area contributed by atoms with Crippen LogP contribution in [-0.4, -0.2) is 49.0 Å². The Labute approximate surface area is 167 Å². The zero-order chi connectivity index (χ0) is 20.5. The van der Waals surface area contributed by atoms with Gasteiger partial charge in [-0.2, -0.15) is 27.1 Å². The SMILES string of the molecule is CCSc1nn2c(Br)ccnc2c1-c1cnc(OCC(F)(F)C(F)(F)F)cn1. The van der Waals surface area contributed by atoms with Crippen LogP contribution >= 0.6 is 27.7 Å². The fourth-order valence-corrected chi connectivity index (χ4v) is 3.24. The molecule has 0 radical (unpaired) electrons. The average molecular weight is 484 g/mol. The van der Waals surface area contributed by atoms with E-state index in [9.17, 15) is 22.0 Å². The molecule has 0 saturated carbocycles. The first-order valence-electron chi connectivity index (χ1n) is 7.70. The van der Waals surface area contributed by atoms with E-state index in [2.05, 4.69) is 40.7 Å². The lowest BCUT2D eigenvalue weighted by atomic mass is 10.2. The molecule has 0 spiro atoms. The van der Waals surface area contributed by atoms with Crippen LogP contribution in [0.3, 0.4) is 0 Å². The van der Waals surface area contributed by atoms with E-state index in [0.29, 0.717) is 26.5 Å². The highest BCUT2D eigenvalue weighted by molar-refractivity contribution is 9.10. The van der Waals surface area contributed by atoms with Gasteiger partial charge in [-0.3, -0.25) is 0 Å². The Bertz CT molecular complexity index is 979. The first-order valence-corrected chi connectivity index (χ1v) is 9.47. The quantitative estimate of drug-likeness (QED) is 0.289. The second kappa shape index (κ2) is 7.78. The lowest BCUT2D eigenvalue weighted by Crippen LogP contribution is -2.41. The number of rotatable bonds is 6. The number of hydrogen-bond acceptors (Lipinski definition) is 6. The molecule has 0 fully saturated rings. The van der Waals surface area contributed by atoms with Gasteiger partial charge in [-0.15, -0.1) is 11.8 Å². The van der Waals surface area contributed by atoms with E-state index >= 15 is 0 Å². The van der Waals surface area contributed by atoms with Crippen LogP contribution in [0.4, 0.5) is 22.0 Å². The van der Waals surface area contributed by atoms with Crippen LogP contribution < -0.4 is 4.74 Å². The number of alkyl halides is 5. The highest BCUT2D eigenvalue weighted by Gasteiger charge is 2.58. The minimum atomic E-state index is -5.71. The van der Waals surface area contributed by atoms with Crippen molar-refractivity contribution in [3.63, 3.8) is 0 Å². The molecule has 3 heterocycles. The third-order valence-corrected chi connectivity index (χ3v) is 4.87. The number of ether oxygens (including phenoxy) is 1. The van der Waals surface area contributed by atoms with Gasteiger partial charge >= 0.3 is 12.1 Å². The second-order valence-corrected chi connectivity index (χ2v) is 7.41. The average Bonchev–Trinajstić information content (AvgIpc) is 2.99. The topological polar surface area (TPSA) is 65.2 Å². The van der Waals surface area contributed by atoms with Crippen LogP contribution in [0.1, 0.15) is 6.92 Å². The molecule has 0 aromatic carbocycles. The molecule has 0 bridgehead atoms. The first-order chi connectivity index (χ1) is 13.1. The Kier molecular flexibility index (Phi) is 5.75. The molecule has 0 aliphatic carbocycles. The second-order valence-electron chi connectivity index (χ2n) is 5.35. The fraction of sp³-hybridized carbons (Fsp3) is 0.333. The summed E-state index contributed by atoms with van der Waals surface area (Å²) in [4.78, 5) is 12.1. The van der Waals surface area contributed by atoms with E-state index in [1.54, 1.807) is 16.8 Å². The number of hydrogen-bond donors (Lipinski definition) is 0. The lowest BCUT2D eigenvalue weighted by molar-refractivity contribution is -0.290. The van der Waals surface area contributed by atoms with Crippen LogP contribution in [0.5, 0.6) is 5.88 Å². The molecule has 0 aliphatic rings. The zero-order valence-electron chi connectivity index (χ0n) is 14.0. The Hall–Kier alpha value is -2.02. The monoisotopic (exact) mass is 483 g/mol. The van der Waals surface area contributed by atoms with Crippen molar-refractivity contribution in [1.29, 1.82) is 0 Å². The summed E-state index contributed by atoms with van der Waals surface area (Å²) in [5.74, 6) is -4.73. The first kappa shape index (κ1) is 20.7. The van der Waals surface area contributed by atoms with Crippen LogP contribution in [0.25, 0.3) is 16.9 Å². The van der Waals surface area contributed by atoms with E-state index in [1.807, 2.05) is 6.92 Å². The van der Waals surface area contributed by atoms with Crippen molar-refractivity contribution in [3.05, 3.63) is 29.3 Å². The summed E-state index contributed by atoms with van der Waals surface area (Å²) in [6, 6.07) is 1.70. The number of thioether (sulfide) groups is 1. The molecule has 3 aromatic heterocycles. The summed E-state index contributed by atoms with van der Waals surface area (Å²) in [5.41, 5.74) is 1.37. The molecular formula is C15H11BrF5N5OS. The van der Waals surface area contributed by atoms with Crippen LogP contribution in [0.15, 0.2) is 34.3 Å². The summed E-state index contributed by atoms with van der Waals surface area (Å²) < 4.78 is 69.2. The molecule has 0 amide bonds. The van der Waals surface area contributed by atoms with Gasteiger partial charge in [-0.05, 0) is 27.7 Å². The molecule has 0 atom stereocenters. The number of aromatic nitrogens is 5. The number of fused-ring (bicyclic) bond motifs is 1. The van der Waals surface area contributed by atoms with Crippen molar-refractivity contribution in [1.82, 2.24) is 24.6 Å². The van der Waals surface area contributed by atoms with E-state index in [4.69, 9.17) is 0 Å². The Balaban J connectivity index is 1.90. The maximum atomic E-state index is 12.9. The van der Waals surface area contributed by atoms with Crippen molar-refractivity contribution < 1.29 is 26.7 Å². The highest BCUT2D eigenvalue weighted by Crippen LogP contribution is 2.36. The molecule has 13 heteroatoms. The van der Waals surface area contributed by atoms with Gasteiger partial charge in [0, 0.05) is 6.20 Å². The third-order valence-electron chi connectivity index (χ3n) is 3.42. The minimum absolute atomic E-state index is 0.325. The summed E-state index contributed by atoms with van der Waals surface area (Å²) >= 11 is 4.80. The van der Waals surface area contributed by atoms with Crippen molar-refractivity contribution in [2.75, 3.05) is 12.4 Å². The van der Waals surface area contributed by atoms with Gasteiger partial charge in [0.25, 0.3) is 0 Å². The third kappa shape index (κ3) is 4.04. The predicted molar refractivity (Wildman–Crippen MR) is 94.6 cm³/mol. The maximum absolute atomic E-state index is 12.9. The molecule has 6 nitrogen and oxygen atoms in total. The van der Waals surface area contributed by atoms with E-state index in [-0.39, 0.29) is 0 Å². The number of nitrogens with zero attached hydrogens (tertiary/aromatic N) is 5. The largest absolute Gasteiger partial charge is 0.470 e. The molecule has 3 aromatic rings. The van der Waals surface area contributed by atoms with E-state index in [0.717, 1.165) is 11.9 Å². The van der Waals surface area contributed by atoms with Gasteiger partial charge in [0.1, 0.15) is 9.63 Å². The van der Waals surface area contributed by atoms with Crippen LogP contribution in [0.2, 0.25) is 0 Å². The Morgan fingerprint density at radius 2 is 1.89 bits per heavy atom. The molecule has 0 N–H and O–H groups in total. The van der Waals surface area contributed by atoms with Crippen molar-refractivity contribution in [2.45, 2.75) is 24.0 Å². The summed E-state index contributed by atoms with van der Waals surface area (Å²) in [5, 5.41) is 5.06. The smallest absolute Gasteiger partial charge is 0.456 e.